The third kappa shape index (κ3) is 2.85. The van der Waals surface area contributed by atoms with Crippen molar-refractivity contribution in [3.8, 4) is 11.8 Å². The number of hydrogen-bond acceptors (Lipinski definition) is 4. The number of halogens is 4. The third-order valence-electron chi connectivity index (χ3n) is 1.37. The fraction of sp³-hybridized carbons (Fsp3) is 0.143. The third-order valence-corrected chi connectivity index (χ3v) is 2.14. The minimum Gasteiger partial charge on any atom is -0.401 e. The van der Waals surface area contributed by atoms with Crippen molar-refractivity contribution in [3.05, 3.63) is 15.5 Å². The van der Waals surface area contributed by atoms with Gasteiger partial charge in [-0.15, -0.1) is 13.2 Å². The van der Waals surface area contributed by atoms with Crippen LogP contribution < -0.4 is 10.5 Å². The van der Waals surface area contributed by atoms with Crippen LogP contribution in [0.5, 0.6) is 5.75 Å². The van der Waals surface area contributed by atoms with Crippen LogP contribution in [-0.2, 0) is 0 Å². The lowest BCUT2D eigenvalue weighted by Gasteiger charge is -2.12. The standard InChI is InChI=1S/C7H3F3IN3O/c8-7(9,10)15-5-4(13)3(1-12)2-14-6(5)11/h2H,(H2,13,14). The molecule has 15 heavy (non-hydrogen) atoms. The van der Waals surface area contributed by atoms with E-state index in [4.69, 9.17) is 11.0 Å². The van der Waals surface area contributed by atoms with E-state index in [9.17, 15) is 13.2 Å². The number of rotatable bonds is 1. The molecule has 0 aliphatic rings. The molecule has 1 heterocycles. The van der Waals surface area contributed by atoms with Crippen LogP contribution in [0.4, 0.5) is 18.9 Å². The van der Waals surface area contributed by atoms with Gasteiger partial charge >= 0.3 is 6.36 Å². The zero-order chi connectivity index (χ0) is 11.6. The molecule has 0 atom stereocenters. The maximum Gasteiger partial charge on any atom is 0.573 e. The average Bonchev–Trinajstić information content (AvgIpc) is 2.11. The second-order valence-corrected chi connectivity index (χ2v) is 3.39. The van der Waals surface area contributed by atoms with E-state index in [1.807, 2.05) is 0 Å². The number of nitrogens with zero attached hydrogens (tertiary/aromatic N) is 2. The summed E-state index contributed by atoms with van der Waals surface area (Å²) in [6.07, 6.45) is -3.77. The lowest BCUT2D eigenvalue weighted by molar-refractivity contribution is -0.274. The molecule has 2 N–H and O–H groups in total. The molecule has 4 nitrogen and oxygen atoms in total. The van der Waals surface area contributed by atoms with Crippen LogP contribution in [0.3, 0.4) is 0 Å². The van der Waals surface area contributed by atoms with Crippen LogP contribution in [0.2, 0.25) is 0 Å². The molecule has 0 aliphatic heterocycles. The second kappa shape index (κ2) is 4.09. The van der Waals surface area contributed by atoms with Gasteiger partial charge in [-0.25, -0.2) is 4.98 Å². The zero-order valence-electron chi connectivity index (χ0n) is 6.97. The Bertz CT molecular complexity index is 427. The van der Waals surface area contributed by atoms with Crippen molar-refractivity contribution < 1.29 is 17.9 Å². The lowest BCUT2D eigenvalue weighted by atomic mass is 10.2. The number of nitriles is 1. The predicted octanol–water partition coefficient (Wildman–Crippen LogP) is 2.04. The molecule has 0 fully saturated rings. The Labute approximate surface area is 96.0 Å². The molecule has 0 unspecified atom stereocenters. The normalized spacial score (nSPS) is 10.9. The number of aromatic nitrogens is 1. The Hall–Kier alpha value is -1.24. The van der Waals surface area contributed by atoms with Crippen LogP contribution in [0, 0.1) is 15.0 Å². The van der Waals surface area contributed by atoms with Gasteiger partial charge in [0.05, 0.1) is 11.3 Å². The number of anilines is 1. The van der Waals surface area contributed by atoms with Crippen LogP contribution in [-0.4, -0.2) is 11.3 Å². The maximum atomic E-state index is 11.9. The highest BCUT2D eigenvalue weighted by atomic mass is 127. The van der Waals surface area contributed by atoms with Gasteiger partial charge in [-0.1, -0.05) is 0 Å². The summed E-state index contributed by atoms with van der Waals surface area (Å²) in [5.41, 5.74) is 4.79. The van der Waals surface area contributed by atoms with Gasteiger partial charge in [0.1, 0.15) is 9.77 Å². The Morgan fingerprint density at radius 2 is 2.13 bits per heavy atom. The van der Waals surface area contributed by atoms with Crippen molar-refractivity contribution in [3.63, 3.8) is 0 Å². The van der Waals surface area contributed by atoms with E-state index < -0.39 is 12.1 Å². The number of pyridine rings is 1. The average molecular weight is 329 g/mol. The van der Waals surface area contributed by atoms with Gasteiger partial charge in [0.2, 0.25) is 0 Å². The van der Waals surface area contributed by atoms with Gasteiger partial charge in [-0.05, 0) is 22.6 Å². The van der Waals surface area contributed by atoms with Crippen LogP contribution >= 0.6 is 22.6 Å². The van der Waals surface area contributed by atoms with Gasteiger partial charge in [0.25, 0.3) is 0 Å². The number of nitrogen functional groups attached to an aromatic ring is 1. The number of alkyl halides is 3. The zero-order valence-corrected chi connectivity index (χ0v) is 9.13. The summed E-state index contributed by atoms with van der Waals surface area (Å²) in [6, 6.07) is 1.61. The van der Waals surface area contributed by atoms with Gasteiger partial charge < -0.3 is 10.5 Å². The highest BCUT2D eigenvalue weighted by Crippen LogP contribution is 2.33. The van der Waals surface area contributed by atoms with Crippen molar-refractivity contribution >= 4 is 28.3 Å². The molecule has 0 saturated heterocycles. The van der Waals surface area contributed by atoms with Crippen molar-refractivity contribution in [2.45, 2.75) is 6.36 Å². The van der Waals surface area contributed by atoms with Crippen molar-refractivity contribution in [1.29, 1.82) is 5.26 Å². The fourth-order valence-corrected chi connectivity index (χ4v) is 1.32. The van der Waals surface area contributed by atoms with E-state index >= 15 is 0 Å². The lowest BCUT2D eigenvalue weighted by Crippen LogP contribution is -2.19. The highest BCUT2D eigenvalue weighted by Gasteiger charge is 2.33. The van der Waals surface area contributed by atoms with Crippen LogP contribution in [0.15, 0.2) is 6.20 Å². The second-order valence-electron chi connectivity index (χ2n) is 2.37. The number of nitrogens with two attached hydrogens (primary N) is 1. The summed E-state index contributed by atoms with van der Waals surface area (Å²) in [5.74, 6) is -0.637. The van der Waals surface area contributed by atoms with E-state index in [1.165, 1.54) is 22.6 Å². The maximum absolute atomic E-state index is 11.9. The smallest absolute Gasteiger partial charge is 0.401 e. The minimum atomic E-state index is -4.86. The monoisotopic (exact) mass is 329 g/mol. The fourth-order valence-electron chi connectivity index (χ4n) is 0.785. The van der Waals surface area contributed by atoms with Gasteiger partial charge in [0.15, 0.2) is 5.75 Å². The number of ether oxygens (including phenoxy) is 1. The van der Waals surface area contributed by atoms with Crippen molar-refractivity contribution in [2.75, 3.05) is 5.73 Å². The van der Waals surface area contributed by atoms with E-state index in [1.54, 1.807) is 6.07 Å². The molecule has 0 saturated carbocycles. The molecule has 1 aromatic heterocycles. The largest absolute Gasteiger partial charge is 0.573 e. The molecule has 0 amide bonds. The molecular weight excluding hydrogens is 326 g/mol. The Kier molecular flexibility index (Phi) is 3.23. The van der Waals surface area contributed by atoms with Gasteiger partial charge in [-0.3, -0.25) is 0 Å². The molecule has 0 spiro atoms. The molecule has 8 heteroatoms. The molecule has 1 aromatic rings. The summed E-state index contributed by atoms with van der Waals surface area (Å²) >= 11 is 1.53. The van der Waals surface area contributed by atoms with E-state index in [-0.39, 0.29) is 15.0 Å². The minimum absolute atomic E-state index is 0.0542. The summed E-state index contributed by atoms with van der Waals surface area (Å²) < 4.78 is 39.4. The Morgan fingerprint density at radius 1 is 1.53 bits per heavy atom. The topological polar surface area (TPSA) is 71.9 Å². The first-order valence-corrected chi connectivity index (χ1v) is 4.53. The molecule has 80 valence electrons. The SMILES string of the molecule is N#Cc1cnc(I)c(OC(F)(F)F)c1N. The first-order valence-electron chi connectivity index (χ1n) is 3.45. The number of hydrogen-bond donors (Lipinski definition) is 1. The first-order chi connectivity index (χ1) is 6.85. The molecular formula is C7H3F3IN3O. The summed E-state index contributed by atoms with van der Waals surface area (Å²) in [6.45, 7) is 0. The first kappa shape index (κ1) is 11.8. The van der Waals surface area contributed by atoms with E-state index in [0.29, 0.717) is 0 Å². The quantitative estimate of drug-likeness (QED) is 0.632. The molecule has 1 rings (SSSR count). The molecule has 0 bridgehead atoms. The Morgan fingerprint density at radius 3 is 2.60 bits per heavy atom. The van der Waals surface area contributed by atoms with Crippen LogP contribution in [0.25, 0.3) is 0 Å². The highest BCUT2D eigenvalue weighted by molar-refractivity contribution is 14.1. The summed E-state index contributed by atoms with van der Waals surface area (Å²) in [4.78, 5) is 3.55. The Balaban J connectivity index is 3.23. The summed E-state index contributed by atoms with van der Waals surface area (Å²) in [5, 5.41) is 8.52. The summed E-state index contributed by atoms with van der Waals surface area (Å²) in [7, 11) is 0. The predicted molar refractivity (Wildman–Crippen MR) is 52.8 cm³/mol. The van der Waals surface area contributed by atoms with Gasteiger partial charge in [-0.2, -0.15) is 5.26 Å². The van der Waals surface area contributed by atoms with E-state index in [2.05, 4.69) is 9.72 Å². The van der Waals surface area contributed by atoms with Gasteiger partial charge in [0, 0.05) is 6.20 Å². The van der Waals surface area contributed by atoms with Crippen molar-refractivity contribution in [2.24, 2.45) is 0 Å². The van der Waals surface area contributed by atoms with Crippen molar-refractivity contribution in [1.82, 2.24) is 4.98 Å². The van der Waals surface area contributed by atoms with Crippen LogP contribution in [0.1, 0.15) is 5.56 Å². The molecule has 0 radical (unpaired) electrons. The van der Waals surface area contributed by atoms with E-state index in [0.717, 1.165) is 6.20 Å². The molecule has 0 aliphatic carbocycles. The molecule has 0 aromatic carbocycles.